The fourth-order valence-corrected chi connectivity index (χ4v) is 4.57. The number of carbonyl (C=O) groups excluding carboxylic acids is 1. The predicted molar refractivity (Wildman–Crippen MR) is 125 cm³/mol. The summed E-state index contributed by atoms with van der Waals surface area (Å²) in [6, 6.07) is 15.3. The number of thioether (sulfide) groups is 1. The molecule has 2 aromatic rings. The van der Waals surface area contributed by atoms with Gasteiger partial charge in [-0.25, -0.2) is 13.2 Å². The molecule has 0 bridgehead atoms. The van der Waals surface area contributed by atoms with Crippen LogP contribution in [0.25, 0.3) is 12.2 Å². The van der Waals surface area contributed by atoms with Gasteiger partial charge in [0.1, 0.15) is 0 Å². The zero-order valence-corrected chi connectivity index (χ0v) is 18.9. The Hall–Kier alpha value is -2.31. The van der Waals surface area contributed by atoms with Gasteiger partial charge in [-0.05, 0) is 54.5 Å². The maximum absolute atomic E-state index is 12.5. The summed E-state index contributed by atoms with van der Waals surface area (Å²) >= 11 is 1.71. The number of sulfone groups is 1. The molecule has 0 unspecified atom stereocenters. The fourth-order valence-electron chi connectivity index (χ4n) is 2.79. The molecule has 0 spiro atoms. The summed E-state index contributed by atoms with van der Waals surface area (Å²) in [5.74, 6) is -0.305. The van der Waals surface area contributed by atoms with E-state index >= 15 is 0 Å². The van der Waals surface area contributed by atoms with Gasteiger partial charge < -0.3 is 4.74 Å². The van der Waals surface area contributed by atoms with Gasteiger partial charge in [-0.1, -0.05) is 55.8 Å². The van der Waals surface area contributed by atoms with Crippen LogP contribution < -0.4 is 0 Å². The summed E-state index contributed by atoms with van der Waals surface area (Å²) in [4.78, 5) is 12.5. The molecular formula is C24H28O4S2. The van der Waals surface area contributed by atoms with Crippen molar-refractivity contribution in [3.63, 3.8) is 0 Å². The summed E-state index contributed by atoms with van der Waals surface area (Å²) < 4.78 is 29.9. The first kappa shape index (κ1) is 24.0. The van der Waals surface area contributed by atoms with E-state index in [0.717, 1.165) is 36.5 Å². The van der Waals surface area contributed by atoms with E-state index in [4.69, 9.17) is 4.74 Å². The Labute approximate surface area is 184 Å². The Kier molecular flexibility index (Phi) is 9.91. The van der Waals surface area contributed by atoms with Crippen LogP contribution in [0.3, 0.4) is 0 Å². The summed E-state index contributed by atoms with van der Waals surface area (Å²) in [6.45, 7) is 3.68. The number of ether oxygens (including phenoxy) is 1. The predicted octanol–water partition coefficient (Wildman–Crippen LogP) is 5.64. The number of hydrogen-bond donors (Lipinski definition) is 0. The highest BCUT2D eigenvalue weighted by Crippen LogP contribution is 2.18. The largest absolute Gasteiger partial charge is 0.463 e. The fraction of sp³-hybridized carbons (Fsp3) is 0.292. The molecule has 0 radical (unpaired) electrons. The molecule has 0 heterocycles. The van der Waals surface area contributed by atoms with Gasteiger partial charge in [0.2, 0.25) is 0 Å². The van der Waals surface area contributed by atoms with Gasteiger partial charge in [-0.3, -0.25) is 0 Å². The van der Waals surface area contributed by atoms with Crippen molar-refractivity contribution in [1.29, 1.82) is 0 Å². The quantitative estimate of drug-likeness (QED) is 0.139. The summed E-state index contributed by atoms with van der Waals surface area (Å²) in [6.07, 6.45) is 10.1. The number of benzene rings is 2. The van der Waals surface area contributed by atoms with Crippen LogP contribution in [-0.2, 0) is 19.4 Å². The minimum absolute atomic E-state index is 0.121. The second-order valence-corrected chi connectivity index (χ2v) is 9.77. The van der Waals surface area contributed by atoms with Crippen LogP contribution >= 0.6 is 11.8 Å². The molecule has 0 atom stereocenters. The Morgan fingerprint density at radius 3 is 2.07 bits per heavy atom. The van der Waals surface area contributed by atoms with Gasteiger partial charge in [0.15, 0.2) is 9.84 Å². The van der Waals surface area contributed by atoms with Crippen molar-refractivity contribution >= 4 is 39.7 Å². The second kappa shape index (κ2) is 12.4. The van der Waals surface area contributed by atoms with Crippen LogP contribution in [0.4, 0.5) is 0 Å². The monoisotopic (exact) mass is 444 g/mol. The smallest absolute Gasteiger partial charge is 0.330 e. The summed E-state index contributed by atoms with van der Waals surface area (Å²) in [5, 5.41) is 0. The molecule has 0 aliphatic carbocycles. The van der Waals surface area contributed by atoms with Gasteiger partial charge in [-0.15, -0.1) is 11.8 Å². The van der Waals surface area contributed by atoms with E-state index in [1.54, 1.807) is 23.9 Å². The van der Waals surface area contributed by atoms with E-state index in [1.165, 1.54) is 4.90 Å². The standard InChI is InChI=1S/C24H28O4S2/c1-3-24(25)28-18-6-4-5-7-19-30(26,27)23-16-12-21(13-17-23)9-8-20-10-14-22(29-2)15-11-20/h3,8-17H,1,4-7,18-19H2,2H3/b9-8+. The molecule has 4 nitrogen and oxygen atoms in total. The zero-order valence-electron chi connectivity index (χ0n) is 17.3. The van der Waals surface area contributed by atoms with Crippen molar-refractivity contribution in [2.75, 3.05) is 18.6 Å². The van der Waals surface area contributed by atoms with Gasteiger partial charge in [0.05, 0.1) is 17.3 Å². The van der Waals surface area contributed by atoms with E-state index in [1.807, 2.05) is 30.5 Å². The lowest BCUT2D eigenvalue weighted by Crippen LogP contribution is -2.07. The highest BCUT2D eigenvalue weighted by Gasteiger charge is 2.13. The Morgan fingerprint density at radius 2 is 1.50 bits per heavy atom. The van der Waals surface area contributed by atoms with Gasteiger partial charge in [0, 0.05) is 11.0 Å². The van der Waals surface area contributed by atoms with E-state index in [0.29, 0.717) is 17.9 Å². The summed E-state index contributed by atoms with van der Waals surface area (Å²) in [7, 11) is -3.29. The molecular weight excluding hydrogens is 416 g/mol. The van der Waals surface area contributed by atoms with E-state index in [9.17, 15) is 13.2 Å². The van der Waals surface area contributed by atoms with E-state index < -0.39 is 15.8 Å². The lowest BCUT2D eigenvalue weighted by atomic mass is 10.1. The average molecular weight is 445 g/mol. The van der Waals surface area contributed by atoms with Crippen LogP contribution in [0.2, 0.25) is 0 Å². The molecule has 0 saturated heterocycles. The number of hydrogen-bond acceptors (Lipinski definition) is 5. The third kappa shape index (κ3) is 8.20. The van der Waals surface area contributed by atoms with Crippen molar-refractivity contribution < 1.29 is 17.9 Å². The number of esters is 1. The van der Waals surface area contributed by atoms with Crippen molar-refractivity contribution in [3.05, 3.63) is 72.3 Å². The van der Waals surface area contributed by atoms with E-state index in [2.05, 4.69) is 30.8 Å². The normalized spacial score (nSPS) is 11.5. The first-order valence-corrected chi connectivity index (χ1v) is 12.8. The molecule has 160 valence electrons. The summed E-state index contributed by atoms with van der Waals surface area (Å²) in [5.41, 5.74) is 2.06. The first-order valence-electron chi connectivity index (χ1n) is 9.89. The molecule has 0 aliphatic heterocycles. The van der Waals surface area contributed by atoms with Crippen molar-refractivity contribution in [2.45, 2.75) is 35.5 Å². The molecule has 0 N–H and O–H groups in total. The van der Waals surface area contributed by atoms with Crippen LogP contribution in [0.15, 0.2) is 71.0 Å². The van der Waals surface area contributed by atoms with Gasteiger partial charge in [-0.2, -0.15) is 0 Å². The van der Waals surface area contributed by atoms with Crippen LogP contribution in [-0.4, -0.2) is 33.0 Å². The maximum atomic E-state index is 12.5. The SMILES string of the molecule is C=CC(=O)OCCCCCCS(=O)(=O)c1ccc(/C=C/c2ccc(SC)cc2)cc1. The maximum Gasteiger partial charge on any atom is 0.330 e. The third-order valence-corrected chi connectivity index (χ3v) is 7.10. The number of carbonyl (C=O) groups is 1. The zero-order chi connectivity index (χ0) is 21.8. The average Bonchev–Trinajstić information content (AvgIpc) is 2.77. The topological polar surface area (TPSA) is 60.4 Å². The van der Waals surface area contributed by atoms with Crippen LogP contribution in [0.5, 0.6) is 0 Å². The molecule has 0 amide bonds. The highest BCUT2D eigenvalue weighted by molar-refractivity contribution is 7.98. The van der Waals surface area contributed by atoms with Gasteiger partial charge >= 0.3 is 5.97 Å². The molecule has 30 heavy (non-hydrogen) atoms. The lowest BCUT2D eigenvalue weighted by Gasteiger charge is -2.06. The number of unbranched alkanes of at least 4 members (excludes halogenated alkanes) is 3. The Morgan fingerprint density at radius 1 is 0.933 bits per heavy atom. The molecule has 0 aromatic heterocycles. The van der Waals surface area contributed by atoms with Gasteiger partial charge in [0.25, 0.3) is 0 Å². The Bertz CT molecular complexity index is 944. The minimum atomic E-state index is -3.29. The molecule has 2 rings (SSSR count). The molecule has 0 saturated carbocycles. The van der Waals surface area contributed by atoms with Crippen molar-refractivity contribution in [3.8, 4) is 0 Å². The van der Waals surface area contributed by atoms with Crippen LogP contribution in [0.1, 0.15) is 36.8 Å². The third-order valence-electron chi connectivity index (χ3n) is 4.54. The highest BCUT2D eigenvalue weighted by atomic mass is 32.2. The van der Waals surface area contributed by atoms with Crippen molar-refractivity contribution in [1.82, 2.24) is 0 Å². The van der Waals surface area contributed by atoms with Crippen molar-refractivity contribution in [2.24, 2.45) is 0 Å². The van der Waals surface area contributed by atoms with E-state index in [-0.39, 0.29) is 5.75 Å². The first-order chi connectivity index (χ1) is 14.4. The molecule has 6 heteroatoms. The van der Waals surface area contributed by atoms with Crippen LogP contribution in [0, 0.1) is 0 Å². The minimum Gasteiger partial charge on any atom is -0.463 e. The molecule has 0 aliphatic rings. The second-order valence-electron chi connectivity index (χ2n) is 6.78. The number of rotatable bonds is 12. The lowest BCUT2D eigenvalue weighted by molar-refractivity contribution is -0.137. The Balaban J connectivity index is 1.80. The molecule has 2 aromatic carbocycles. The molecule has 0 fully saturated rings.